The quantitative estimate of drug-likeness (QED) is 0.567. The molecule has 0 aliphatic carbocycles. The molecule has 25 heavy (non-hydrogen) atoms. The van der Waals surface area contributed by atoms with Gasteiger partial charge in [-0.05, 0) is 42.2 Å². The van der Waals surface area contributed by atoms with Crippen LogP contribution in [0.1, 0.15) is 31.7 Å². The van der Waals surface area contributed by atoms with Crippen molar-refractivity contribution in [3.63, 3.8) is 0 Å². The normalized spacial score (nSPS) is 11.6. The zero-order valence-corrected chi connectivity index (χ0v) is 14.7. The summed E-state index contributed by atoms with van der Waals surface area (Å²) in [5.74, 6) is 0.643. The van der Waals surface area contributed by atoms with Crippen LogP contribution >= 0.6 is 11.6 Å². The van der Waals surface area contributed by atoms with E-state index in [-0.39, 0.29) is 23.0 Å². The van der Waals surface area contributed by atoms with Crippen LogP contribution in [0.15, 0.2) is 42.5 Å². The number of anilines is 1. The first-order valence-electron chi connectivity index (χ1n) is 7.87. The number of nitro benzene ring substituents is 1. The summed E-state index contributed by atoms with van der Waals surface area (Å²) in [5, 5.41) is 13.4. The molecule has 0 fully saturated rings. The number of carbonyl (C=O) groups excluding carboxylic acids is 1. The van der Waals surface area contributed by atoms with Crippen LogP contribution in [0.25, 0.3) is 0 Å². The highest BCUT2D eigenvalue weighted by atomic mass is 35.5. The van der Waals surface area contributed by atoms with Gasteiger partial charge in [-0.25, -0.2) is 0 Å². The summed E-state index contributed by atoms with van der Waals surface area (Å²) in [6.45, 7) is 4.08. The molecule has 0 saturated carbocycles. The first-order valence-corrected chi connectivity index (χ1v) is 8.25. The molecule has 0 bridgehead atoms. The minimum atomic E-state index is -0.604. The Hall–Kier alpha value is -2.60. The van der Waals surface area contributed by atoms with Gasteiger partial charge in [-0.3, -0.25) is 14.9 Å². The van der Waals surface area contributed by atoms with Crippen LogP contribution in [0, 0.1) is 10.1 Å². The second-order valence-electron chi connectivity index (χ2n) is 5.64. The number of benzene rings is 2. The zero-order valence-electron chi connectivity index (χ0n) is 14.0. The van der Waals surface area contributed by atoms with Gasteiger partial charge in [-0.1, -0.05) is 37.6 Å². The van der Waals surface area contributed by atoms with Crippen molar-refractivity contribution in [2.24, 2.45) is 0 Å². The average molecular weight is 363 g/mol. The SMILES string of the molecule is CC[C@H](C)c1ccc(OCC(=O)Nc2ccc(Cl)c([N+](=O)[O-])c2)cc1. The molecule has 6 nitrogen and oxygen atoms in total. The third-order valence-corrected chi connectivity index (χ3v) is 4.18. The van der Waals surface area contributed by atoms with Gasteiger partial charge in [-0.15, -0.1) is 0 Å². The number of nitrogens with zero attached hydrogens (tertiary/aromatic N) is 1. The second-order valence-corrected chi connectivity index (χ2v) is 6.05. The number of rotatable bonds is 7. The van der Waals surface area contributed by atoms with Gasteiger partial charge in [0, 0.05) is 11.8 Å². The Kier molecular flexibility index (Phi) is 6.36. The average Bonchev–Trinajstić information content (AvgIpc) is 2.61. The van der Waals surface area contributed by atoms with Gasteiger partial charge in [0.2, 0.25) is 0 Å². The van der Waals surface area contributed by atoms with Gasteiger partial charge in [0.05, 0.1) is 4.92 Å². The molecular formula is C18H19ClN2O4. The summed E-state index contributed by atoms with van der Waals surface area (Å²) >= 11 is 5.74. The number of nitro groups is 1. The number of carbonyl (C=O) groups is 1. The monoisotopic (exact) mass is 362 g/mol. The van der Waals surface area contributed by atoms with Gasteiger partial charge in [-0.2, -0.15) is 0 Å². The molecule has 0 aromatic heterocycles. The predicted octanol–water partition coefficient (Wildman–Crippen LogP) is 4.78. The van der Waals surface area contributed by atoms with E-state index >= 15 is 0 Å². The van der Waals surface area contributed by atoms with Gasteiger partial charge < -0.3 is 10.1 Å². The lowest BCUT2D eigenvalue weighted by atomic mass is 9.99. The number of hydrogen-bond donors (Lipinski definition) is 1. The Bertz CT molecular complexity index is 762. The Morgan fingerprint density at radius 2 is 1.96 bits per heavy atom. The van der Waals surface area contributed by atoms with Gasteiger partial charge >= 0.3 is 0 Å². The van der Waals surface area contributed by atoms with Crippen LogP contribution in [0.3, 0.4) is 0 Å². The van der Waals surface area contributed by atoms with Crippen molar-refractivity contribution in [1.29, 1.82) is 0 Å². The van der Waals surface area contributed by atoms with E-state index < -0.39 is 10.8 Å². The molecule has 1 N–H and O–H groups in total. The van der Waals surface area contributed by atoms with Gasteiger partial charge in [0.25, 0.3) is 11.6 Å². The second kappa shape index (κ2) is 8.48. The molecule has 0 aliphatic rings. The Morgan fingerprint density at radius 1 is 1.28 bits per heavy atom. The fraction of sp³-hybridized carbons (Fsp3) is 0.278. The fourth-order valence-electron chi connectivity index (χ4n) is 2.20. The molecule has 0 unspecified atom stereocenters. The van der Waals surface area contributed by atoms with E-state index in [0.29, 0.717) is 11.7 Å². The summed E-state index contributed by atoms with van der Waals surface area (Å²) < 4.78 is 5.44. The molecule has 2 aromatic carbocycles. The number of ether oxygens (including phenoxy) is 1. The topological polar surface area (TPSA) is 81.5 Å². The number of halogens is 1. The fourth-order valence-corrected chi connectivity index (χ4v) is 2.39. The molecule has 2 rings (SSSR count). The van der Waals surface area contributed by atoms with E-state index in [0.717, 1.165) is 6.42 Å². The maximum absolute atomic E-state index is 11.9. The highest BCUT2D eigenvalue weighted by Crippen LogP contribution is 2.27. The highest BCUT2D eigenvalue weighted by molar-refractivity contribution is 6.32. The molecule has 1 amide bonds. The molecule has 2 aromatic rings. The molecule has 7 heteroatoms. The van der Waals surface area contributed by atoms with E-state index in [1.54, 1.807) is 0 Å². The molecule has 0 aliphatic heterocycles. The van der Waals surface area contributed by atoms with E-state index in [4.69, 9.17) is 16.3 Å². The van der Waals surface area contributed by atoms with E-state index in [2.05, 4.69) is 19.2 Å². The Morgan fingerprint density at radius 3 is 2.56 bits per heavy atom. The van der Waals surface area contributed by atoms with Crippen LogP contribution in [0.2, 0.25) is 5.02 Å². The minimum absolute atomic E-state index is 0.0145. The molecule has 1 atom stereocenters. The maximum Gasteiger partial charge on any atom is 0.289 e. The predicted molar refractivity (Wildman–Crippen MR) is 97.4 cm³/mol. The largest absolute Gasteiger partial charge is 0.484 e. The van der Waals surface area contributed by atoms with Gasteiger partial charge in [0.1, 0.15) is 10.8 Å². The lowest BCUT2D eigenvalue weighted by molar-refractivity contribution is -0.384. The minimum Gasteiger partial charge on any atom is -0.484 e. The highest BCUT2D eigenvalue weighted by Gasteiger charge is 2.14. The maximum atomic E-state index is 11.9. The molecule has 0 radical (unpaired) electrons. The van der Waals surface area contributed by atoms with E-state index in [1.165, 1.54) is 23.8 Å². The van der Waals surface area contributed by atoms with Crippen molar-refractivity contribution < 1.29 is 14.5 Å². The Labute approximate surface area is 150 Å². The number of amides is 1. The number of hydrogen-bond acceptors (Lipinski definition) is 4. The summed E-state index contributed by atoms with van der Waals surface area (Å²) in [6, 6.07) is 11.7. The van der Waals surface area contributed by atoms with Crippen molar-refractivity contribution >= 4 is 28.9 Å². The van der Waals surface area contributed by atoms with Crippen molar-refractivity contribution in [2.45, 2.75) is 26.2 Å². The molecule has 0 saturated heterocycles. The smallest absolute Gasteiger partial charge is 0.289 e. The van der Waals surface area contributed by atoms with Crippen LogP contribution in [0.4, 0.5) is 11.4 Å². The first kappa shape index (κ1) is 18.7. The third-order valence-electron chi connectivity index (χ3n) is 3.86. The van der Waals surface area contributed by atoms with Crippen molar-refractivity contribution in [1.82, 2.24) is 0 Å². The molecule has 132 valence electrons. The van der Waals surface area contributed by atoms with Crippen LogP contribution < -0.4 is 10.1 Å². The first-order chi connectivity index (χ1) is 11.9. The van der Waals surface area contributed by atoms with Crippen LogP contribution in [-0.2, 0) is 4.79 Å². The number of nitrogens with one attached hydrogen (secondary N) is 1. The standard InChI is InChI=1S/C18H19ClN2O4/c1-3-12(2)13-4-7-15(8-5-13)25-11-18(22)20-14-6-9-16(19)17(10-14)21(23)24/h4-10,12H,3,11H2,1-2H3,(H,20,22)/t12-/m0/s1. The zero-order chi connectivity index (χ0) is 18.4. The molecule has 0 heterocycles. The van der Waals surface area contributed by atoms with Crippen LogP contribution in [0.5, 0.6) is 5.75 Å². The summed E-state index contributed by atoms with van der Waals surface area (Å²) in [5.41, 5.74) is 1.24. The third kappa shape index (κ3) is 5.19. The molecule has 0 spiro atoms. The molecular weight excluding hydrogens is 344 g/mol. The summed E-state index contributed by atoms with van der Waals surface area (Å²) in [6.07, 6.45) is 1.05. The van der Waals surface area contributed by atoms with Gasteiger partial charge in [0.15, 0.2) is 6.61 Å². The van der Waals surface area contributed by atoms with E-state index in [9.17, 15) is 14.9 Å². The van der Waals surface area contributed by atoms with Crippen molar-refractivity contribution in [2.75, 3.05) is 11.9 Å². The Balaban J connectivity index is 1.92. The lowest BCUT2D eigenvalue weighted by Crippen LogP contribution is -2.20. The van der Waals surface area contributed by atoms with Crippen LogP contribution in [-0.4, -0.2) is 17.4 Å². The lowest BCUT2D eigenvalue weighted by Gasteiger charge is -2.11. The van der Waals surface area contributed by atoms with E-state index in [1.807, 2.05) is 24.3 Å². The van der Waals surface area contributed by atoms with Crippen molar-refractivity contribution in [3.05, 3.63) is 63.2 Å². The summed E-state index contributed by atoms with van der Waals surface area (Å²) in [7, 11) is 0. The van der Waals surface area contributed by atoms with Crippen molar-refractivity contribution in [3.8, 4) is 5.75 Å². The summed E-state index contributed by atoms with van der Waals surface area (Å²) in [4.78, 5) is 22.2.